The summed E-state index contributed by atoms with van der Waals surface area (Å²) in [7, 11) is 1.64. The van der Waals surface area contributed by atoms with Crippen LogP contribution in [0.15, 0.2) is 6.33 Å². The molecule has 2 rings (SSSR count). The van der Waals surface area contributed by atoms with E-state index in [1.807, 2.05) is 0 Å². The first-order chi connectivity index (χ1) is 9.69. The fourth-order valence-corrected chi connectivity index (χ4v) is 2.81. The first kappa shape index (κ1) is 14.5. The molecule has 0 spiro atoms. The highest BCUT2D eigenvalue weighted by Crippen LogP contribution is 2.35. The molecule has 1 aromatic heterocycles. The van der Waals surface area contributed by atoms with Crippen LogP contribution in [-0.4, -0.2) is 34.5 Å². The molecular weight excluding hydrogens is 258 g/mol. The van der Waals surface area contributed by atoms with Gasteiger partial charge in [-0.25, -0.2) is 9.97 Å². The Kier molecular flexibility index (Phi) is 4.70. The monoisotopic (exact) mass is 279 g/mol. The lowest BCUT2D eigenvalue weighted by molar-refractivity contribution is -0.383. The summed E-state index contributed by atoms with van der Waals surface area (Å²) in [5.41, 5.74) is -0.0182. The van der Waals surface area contributed by atoms with Crippen LogP contribution in [0, 0.1) is 10.1 Å². The Labute approximate surface area is 118 Å². The molecule has 1 N–H and O–H groups in total. The molecular formula is C13H21N5O2. The van der Waals surface area contributed by atoms with E-state index in [4.69, 9.17) is 0 Å². The minimum atomic E-state index is -0.390. The molecule has 1 saturated heterocycles. The summed E-state index contributed by atoms with van der Waals surface area (Å²) in [5, 5.41) is 14.2. The minimum Gasteiger partial charge on any atom is -0.367 e. The van der Waals surface area contributed by atoms with E-state index >= 15 is 0 Å². The molecule has 2 heterocycles. The second-order valence-electron chi connectivity index (χ2n) is 5.01. The van der Waals surface area contributed by atoms with E-state index < -0.39 is 4.92 Å². The van der Waals surface area contributed by atoms with Gasteiger partial charge in [0.25, 0.3) is 0 Å². The van der Waals surface area contributed by atoms with Crippen LogP contribution in [0.1, 0.15) is 39.0 Å². The van der Waals surface area contributed by atoms with Gasteiger partial charge in [0, 0.05) is 19.6 Å². The van der Waals surface area contributed by atoms with Gasteiger partial charge in [0.15, 0.2) is 0 Å². The van der Waals surface area contributed by atoms with Crippen LogP contribution in [0.5, 0.6) is 0 Å². The van der Waals surface area contributed by atoms with Crippen molar-refractivity contribution in [1.29, 1.82) is 0 Å². The molecule has 0 bridgehead atoms. The number of anilines is 2. The van der Waals surface area contributed by atoms with Crippen LogP contribution in [0.4, 0.5) is 17.3 Å². The summed E-state index contributed by atoms with van der Waals surface area (Å²) in [4.78, 5) is 21.2. The lowest BCUT2D eigenvalue weighted by Gasteiger charge is -2.30. The summed E-state index contributed by atoms with van der Waals surface area (Å²) in [6, 6.07) is 0.316. The number of aromatic nitrogens is 2. The van der Waals surface area contributed by atoms with Crippen LogP contribution in [-0.2, 0) is 0 Å². The predicted molar refractivity (Wildman–Crippen MR) is 78.1 cm³/mol. The van der Waals surface area contributed by atoms with Crippen molar-refractivity contribution >= 4 is 17.3 Å². The van der Waals surface area contributed by atoms with Gasteiger partial charge < -0.3 is 10.2 Å². The zero-order valence-electron chi connectivity index (χ0n) is 12.0. The zero-order valence-corrected chi connectivity index (χ0v) is 12.0. The Morgan fingerprint density at radius 3 is 2.90 bits per heavy atom. The van der Waals surface area contributed by atoms with E-state index in [0.29, 0.717) is 11.9 Å². The molecule has 1 unspecified atom stereocenters. The SMILES string of the molecule is CCC1CCCCCN1c1ncnc(NC)c1[N+](=O)[O-]. The third-order valence-corrected chi connectivity index (χ3v) is 3.84. The smallest absolute Gasteiger partial charge is 0.353 e. The first-order valence-electron chi connectivity index (χ1n) is 7.12. The standard InChI is InChI=1S/C13H21N5O2/c1-3-10-7-5-4-6-8-17(10)13-11(18(19)20)12(14-2)15-9-16-13/h9-10H,3-8H2,1-2H3,(H,14,15,16). The second-order valence-corrected chi connectivity index (χ2v) is 5.01. The molecule has 1 aromatic rings. The van der Waals surface area contributed by atoms with Gasteiger partial charge in [-0.05, 0) is 19.3 Å². The fraction of sp³-hybridized carbons (Fsp3) is 0.692. The Morgan fingerprint density at radius 2 is 2.25 bits per heavy atom. The van der Waals surface area contributed by atoms with Crippen molar-refractivity contribution in [2.75, 3.05) is 23.8 Å². The first-order valence-corrected chi connectivity index (χ1v) is 7.12. The predicted octanol–water partition coefficient (Wildman–Crippen LogP) is 2.59. The number of rotatable bonds is 4. The van der Waals surface area contributed by atoms with E-state index in [9.17, 15) is 10.1 Å². The number of nitro groups is 1. The Morgan fingerprint density at radius 1 is 1.45 bits per heavy atom. The third kappa shape index (κ3) is 2.81. The molecule has 20 heavy (non-hydrogen) atoms. The van der Waals surface area contributed by atoms with Gasteiger partial charge in [-0.15, -0.1) is 0 Å². The second kappa shape index (κ2) is 6.49. The molecule has 7 nitrogen and oxygen atoms in total. The largest absolute Gasteiger partial charge is 0.367 e. The van der Waals surface area contributed by atoms with Crippen LogP contribution in [0.2, 0.25) is 0 Å². The van der Waals surface area contributed by atoms with Crippen molar-refractivity contribution in [1.82, 2.24) is 9.97 Å². The number of hydrogen-bond acceptors (Lipinski definition) is 6. The van der Waals surface area contributed by atoms with Crippen LogP contribution in [0.3, 0.4) is 0 Å². The lowest BCUT2D eigenvalue weighted by atomic mass is 10.1. The molecule has 0 aromatic carbocycles. The molecule has 0 aliphatic carbocycles. The Hall–Kier alpha value is -1.92. The average molecular weight is 279 g/mol. The van der Waals surface area contributed by atoms with E-state index in [1.54, 1.807) is 7.05 Å². The van der Waals surface area contributed by atoms with Crippen molar-refractivity contribution in [2.24, 2.45) is 0 Å². The van der Waals surface area contributed by atoms with Crippen LogP contribution >= 0.6 is 0 Å². The highest BCUT2D eigenvalue weighted by atomic mass is 16.6. The summed E-state index contributed by atoms with van der Waals surface area (Å²) in [5.74, 6) is 0.724. The maximum absolute atomic E-state index is 11.4. The molecule has 110 valence electrons. The van der Waals surface area contributed by atoms with E-state index in [-0.39, 0.29) is 11.5 Å². The lowest BCUT2D eigenvalue weighted by Crippen LogP contribution is -2.35. The van der Waals surface area contributed by atoms with Gasteiger partial charge in [-0.1, -0.05) is 19.8 Å². The summed E-state index contributed by atoms with van der Waals surface area (Å²) >= 11 is 0. The van der Waals surface area contributed by atoms with Crippen molar-refractivity contribution < 1.29 is 4.92 Å². The highest BCUT2D eigenvalue weighted by molar-refractivity contribution is 5.70. The molecule has 1 aliphatic heterocycles. The fourth-order valence-electron chi connectivity index (χ4n) is 2.81. The molecule has 1 atom stereocenters. The van der Waals surface area contributed by atoms with Gasteiger partial charge in [-0.2, -0.15) is 0 Å². The van der Waals surface area contributed by atoms with Crippen LogP contribution < -0.4 is 10.2 Å². The third-order valence-electron chi connectivity index (χ3n) is 3.84. The van der Waals surface area contributed by atoms with Crippen molar-refractivity contribution in [3.63, 3.8) is 0 Å². The molecule has 0 saturated carbocycles. The summed E-state index contributed by atoms with van der Waals surface area (Å²) in [6.45, 7) is 2.94. The van der Waals surface area contributed by atoms with Gasteiger partial charge in [0.2, 0.25) is 11.6 Å². The van der Waals surface area contributed by atoms with Gasteiger partial charge in [0.1, 0.15) is 6.33 Å². The number of nitrogens with one attached hydrogen (secondary N) is 1. The maximum Gasteiger partial charge on any atom is 0.353 e. The normalized spacial score (nSPS) is 19.5. The Bertz CT molecular complexity index is 480. The zero-order chi connectivity index (χ0) is 14.5. The van der Waals surface area contributed by atoms with E-state index in [2.05, 4.69) is 27.1 Å². The van der Waals surface area contributed by atoms with E-state index in [0.717, 1.165) is 25.8 Å². The molecule has 1 fully saturated rings. The molecule has 7 heteroatoms. The van der Waals surface area contributed by atoms with Crippen molar-refractivity contribution in [3.8, 4) is 0 Å². The minimum absolute atomic E-state index is 0.0182. The van der Waals surface area contributed by atoms with Crippen molar-refractivity contribution in [2.45, 2.75) is 45.1 Å². The molecule has 1 aliphatic rings. The van der Waals surface area contributed by atoms with Crippen molar-refractivity contribution in [3.05, 3.63) is 16.4 Å². The topological polar surface area (TPSA) is 84.2 Å². The number of hydrogen-bond donors (Lipinski definition) is 1. The maximum atomic E-state index is 11.4. The van der Waals surface area contributed by atoms with Gasteiger partial charge in [0.05, 0.1) is 4.92 Å². The summed E-state index contributed by atoms with van der Waals surface area (Å²) in [6.07, 6.45) is 6.82. The van der Waals surface area contributed by atoms with Crippen LogP contribution in [0.25, 0.3) is 0 Å². The number of nitrogens with zero attached hydrogens (tertiary/aromatic N) is 4. The summed E-state index contributed by atoms with van der Waals surface area (Å²) < 4.78 is 0. The quantitative estimate of drug-likeness (QED) is 0.673. The average Bonchev–Trinajstić information content (AvgIpc) is 2.71. The van der Waals surface area contributed by atoms with Gasteiger partial charge in [-0.3, -0.25) is 10.1 Å². The van der Waals surface area contributed by atoms with Gasteiger partial charge >= 0.3 is 5.69 Å². The molecule has 0 amide bonds. The Balaban J connectivity index is 2.46. The highest BCUT2D eigenvalue weighted by Gasteiger charge is 2.30. The molecule has 0 radical (unpaired) electrons. The van der Waals surface area contributed by atoms with E-state index in [1.165, 1.54) is 19.2 Å².